The van der Waals surface area contributed by atoms with Gasteiger partial charge in [0.05, 0.1) is 23.6 Å². The second-order valence-electron chi connectivity index (χ2n) is 4.48. The summed E-state index contributed by atoms with van der Waals surface area (Å²) < 4.78 is 3.72. The lowest BCUT2D eigenvalue weighted by Crippen LogP contribution is -2.25. The monoisotopic (exact) mass is 248 g/mol. The Morgan fingerprint density at radius 3 is 2.44 bits per heavy atom. The van der Waals surface area contributed by atoms with Crippen LogP contribution in [0.2, 0.25) is 0 Å². The van der Waals surface area contributed by atoms with E-state index in [1.54, 1.807) is 10.9 Å². The Bertz CT molecular complexity index is 539. The molecule has 2 rings (SSSR count). The molecule has 98 valence electrons. The van der Waals surface area contributed by atoms with Crippen molar-refractivity contribution in [2.75, 3.05) is 6.54 Å². The molecule has 6 nitrogen and oxygen atoms in total. The van der Waals surface area contributed by atoms with Crippen LogP contribution in [0.15, 0.2) is 6.20 Å². The highest BCUT2D eigenvalue weighted by molar-refractivity contribution is 5.33. The second-order valence-corrected chi connectivity index (χ2v) is 4.48. The van der Waals surface area contributed by atoms with Crippen molar-refractivity contribution in [2.45, 2.75) is 26.8 Å². The zero-order chi connectivity index (χ0) is 13.3. The van der Waals surface area contributed by atoms with Crippen LogP contribution < -0.4 is 5.32 Å². The predicted octanol–water partition coefficient (Wildman–Crippen LogP) is 0.864. The third kappa shape index (κ3) is 2.03. The molecule has 6 heteroatoms. The van der Waals surface area contributed by atoms with Crippen LogP contribution in [0.5, 0.6) is 0 Å². The van der Waals surface area contributed by atoms with Crippen LogP contribution in [0.25, 0.3) is 0 Å². The van der Waals surface area contributed by atoms with Gasteiger partial charge in [-0.3, -0.25) is 9.36 Å². The first kappa shape index (κ1) is 12.8. The predicted molar refractivity (Wildman–Crippen MR) is 69.2 cm³/mol. The third-order valence-electron chi connectivity index (χ3n) is 3.31. The molecule has 2 aromatic rings. The minimum absolute atomic E-state index is 0.0868. The lowest BCUT2D eigenvalue weighted by atomic mass is 10.0. The zero-order valence-corrected chi connectivity index (χ0v) is 11.6. The Kier molecular flexibility index (Phi) is 3.47. The van der Waals surface area contributed by atoms with Gasteiger partial charge in [0.1, 0.15) is 0 Å². The molecule has 0 spiro atoms. The summed E-state index contributed by atoms with van der Waals surface area (Å²) in [6, 6.07) is 0.0868. The van der Waals surface area contributed by atoms with Crippen molar-refractivity contribution >= 4 is 0 Å². The SMILES string of the molecule is CCNC(c1c(C)nn(C)c1C)c1cnnn1C. The van der Waals surface area contributed by atoms with Crippen LogP contribution in [0.4, 0.5) is 0 Å². The molecule has 0 saturated carbocycles. The highest BCUT2D eigenvalue weighted by atomic mass is 15.4. The zero-order valence-electron chi connectivity index (χ0n) is 11.6. The summed E-state index contributed by atoms with van der Waals surface area (Å²) in [5.74, 6) is 0. The van der Waals surface area contributed by atoms with Gasteiger partial charge in [-0.05, 0) is 20.4 Å². The van der Waals surface area contributed by atoms with Gasteiger partial charge >= 0.3 is 0 Å². The smallest absolute Gasteiger partial charge is 0.0800 e. The molecule has 0 saturated heterocycles. The molecule has 1 N–H and O–H groups in total. The fraction of sp³-hybridized carbons (Fsp3) is 0.583. The molecule has 18 heavy (non-hydrogen) atoms. The molecule has 0 aliphatic carbocycles. The molecule has 0 aliphatic rings. The standard InChI is InChI=1S/C12H20N6/c1-6-13-12(10-7-14-16-18(10)5)11-8(2)15-17(4)9(11)3/h7,12-13H,6H2,1-5H3. The van der Waals surface area contributed by atoms with Crippen LogP contribution >= 0.6 is 0 Å². The first-order valence-corrected chi connectivity index (χ1v) is 6.14. The highest BCUT2D eigenvalue weighted by Gasteiger charge is 2.23. The summed E-state index contributed by atoms with van der Waals surface area (Å²) in [6.45, 7) is 7.10. The van der Waals surface area contributed by atoms with E-state index >= 15 is 0 Å². The van der Waals surface area contributed by atoms with E-state index < -0.39 is 0 Å². The minimum Gasteiger partial charge on any atom is -0.305 e. The second kappa shape index (κ2) is 4.89. The lowest BCUT2D eigenvalue weighted by Gasteiger charge is -2.18. The quantitative estimate of drug-likeness (QED) is 0.872. The summed E-state index contributed by atoms with van der Waals surface area (Å²) in [6.07, 6.45) is 1.80. The first-order valence-electron chi connectivity index (χ1n) is 6.14. The van der Waals surface area contributed by atoms with Gasteiger partial charge in [-0.2, -0.15) is 5.10 Å². The fourth-order valence-electron chi connectivity index (χ4n) is 2.33. The van der Waals surface area contributed by atoms with Gasteiger partial charge in [-0.25, -0.2) is 0 Å². The van der Waals surface area contributed by atoms with E-state index in [-0.39, 0.29) is 6.04 Å². The lowest BCUT2D eigenvalue weighted by molar-refractivity contribution is 0.563. The molecule has 0 fully saturated rings. The van der Waals surface area contributed by atoms with Crippen molar-refractivity contribution in [2.24, 2.45) is 14.1 Å². The Morgan fingerprint density at radius 2 is 2.00 bits per heavy atom. The summed E-state index contributed by atoms with van der Waals surface area (Å²) in [7, 11) is 3.88. The Morgan fingerprint density at radius 1 is 1.28 bits per heavy atom. The largest absolute Gasteiger partial charge is 0.305 e. The number of nitrogens with zero attached hydrogens (tertiary/aromatic N) is 5. The van der Waals surface area contributed by atoms with Crippen molar-refractivity contribution in [3.05, 3.63) is 28.8 Å². The summed E-state index contributed by atoms with van der Waals surface area (Å²) >= 11 is 0. The maximum absolute atomic E-state index is 4.48. The molecule has 1 atom stereocenters. The first-order chi connectivity index (χ1) is 8.56. The highest BCUT2D eigenvalue weighted by Crippen LogP contribution is 2.26. The number of aryl methyl sites for hydroxylation is 3. The Hall–Kier alpha value is -1.69. The van der Waals surface area contributed by atoms with Gasteiger partial charge in [0.25, 0.3) is 0 Å². The van der Waals surface area contributed by atoms with E-state index in [4.69, 9.17) is 0 Å². The molecule has 0 amide bonds. The molecule has 1 unspecified atom stereocenters. The number of hydrogen-bond acceptors (Lipinski definition) is 4. The number of hydrogen-bond donors (Lipinski definition) is 1. The number of rotatable bonds is 4. The molecule has 2 aromatic heterocycles. The van der Waals surface area contributed by atoms with E-state index in [9.17, 15) is 0 Å². The molecule has 0 aromatic carbocycles. The van der Waals surface area contributed by atoms with Gasteiger partial charge in [-0.1, -0.05) is 12.1 Å². The molecule has 0 aliphatic heterocycles. The van der Waals surface area contributed by atoms with Gasteiger partial charge in [0.2, 0.25) is 0 Å². The van der Waals surface area contributed by atoms with Crippen LogP contribution in [0.1, 0.15) is 35.6 Å². The molecule has 2 heterocycles. The summed E-state index contributed by atoms with van der Waals surface area (Å²) in [4.78, 5) is 0. The molecule has 0 radical (unpaired) electrons. The fourth-order valence-corrected chi connectivity index (χ4v) is 2.33. The van der Waals surface area contributed by atoms with Crippen molar-refractivity contribution in [1.29, 1.82) is 0 Å². The van der Waals surface area contributed by atoms with Crippen LogP contribution in [0, 0.1) is 13.8 Å². The average molecular weight is 248 g/mol. The van der Waals surface area contributed by atoms with Gasteiger partial charge in [-0.15, -0.1) is 5.10 Å². The van der Waals surface area contributed by atoms with Gasteiger partial charge in [0, 0.05) is 25.4 Å². The molecular weight excluding hydrogens is 228 g/mol. The minimum atomic E-state index is 0.0868. The Labute approximate surface area is 107 Å². The third-order valence-corrected chi connectivity index (χ3v) is 3.31. The maximum atomic E-state index is 4.48. The van der Waals surface area contributed by atoms with E-state index in [2.05, 4.69) is 34.6 Å². The van der Waals surface area contributed by atoms with Gasteiger partial charge < -0.3 is 5.32 Å². The van der Waals surface area contributed by atoms with Crippen molar-refractivity contribution < 1.29 is 0 Å². The van der Waals surface area contributed by atoms with E-state index in [1.165, 1.54) is 11.3 Å². The van der Waals surface area contributed by atoms with Crippen LogP contribution in [-0.2, 0) is 14.1 Å². The van der Waals surface area contributed by atoms with E-state index in [1.807, 2.05) is 25.7 Å². The van der Waals surface area contributed by atoms with Gasteiger partial charge in [0.15, 0.2) is 0 Å². The number of aromatic nitrogens is 5. The van der Waals surface area contributed by atoms with Crippen molar-refractivity contribution in [3.63, 3.8) is 0 Å². The molecular formula is C12H20N6. The normalized spacial score (nSPS) is 12.9. The summed E-state index contributed by atoms with van der Waals surface area (Å²) in [5.41, 5.74) is 4.47. The molecule has 0 bridgehead atoms. The van der Waals surface area contributed by atoms with E-state index in [0.29, 0.717) is 0 Å². The average Bonchev–Trinajstić information content (AvgIpc) is 2.83. The van der Waals surface area contributed by atoms with Crippen molar-refractivity contribution in [3.8, 4) is 0 Å². The topological polar surface area (TPSA) is 60.6 Å². The Balaban J connectivity index is 2.51. The summed E-state index contributed by atoms with van der Waals surface area (Å²) in [5, 5.41) is 15.9. The van der Waals surface area contributed by atoms with E-state index in [0.717, 1.165) is 17.9 Å². The van der Waals surface area contributed by atoms with Crippen LogP contribution in [0.3, 0.4) is 0 Å². The van der Waals surface area contributed by atoms with Crippen molar-refractivity contribution in [1.82, 2.24) is 30.1 Å². The maximum Gasteiger partial charge on any atom is 0.0800 e. The number of nitrogens with one attached hydrogen (secondary N) is 1. The van der Waals surface area contributed by atoms with Crippen LogP contribution in [-0.4, -0.2) is 31.3 Å².